The van der Waals surface area contributed by atoms with Crippen LogP contribution < -0.4 is 0 Å². The fourth-order valence-electron chi connectivity index (χ4n) is 5.62. The number of para-hydroxylation sites is 3. The summed E-state index contributed by atoms with van der Waals surface area (Å²) in [7, 11) is 0. The lowest BCUT2D eigenvalue weighted by Crippen LogP contribution is -1.95. The molecule has 2 heterocycles. The summed E-state index contributed by atoms with van der Waals surface area (Å²) in [5.74, 6) is 0. The SMILES string of the molecule is [2H]c1c([2H])c([2H])c(-n2c3c([2H])c([2H])c([2H])c([2H])c3c3c4c5c([2H])c([2H])c([2H])c([2H])c5n(-c5c([2H])c([2H])c(-c6c([2H])c([2H])c(-c7c([2H])c([2H])c([2H])c(C)c7[2H])c(C)c6[2H])c([2H])c5[2H])c4c([2H])c([2H])c32)c([2H])c1[2H]. The maximum Gasteiger partial charge on any atom is 0.0646 e. The Morgan fingerprint density at radius 1 is 0.413 bits per heavy atom. The fourth-order valence-corrected chi connectivity index (χ4v) is 5.62. The largest absolute Gasteiger partial charge is 0.309 e. The number of hydrogen-bond donors (Lipinski definition) is 0. The van der Waals surface area contributed by atoms with Crippen LogP contribution in [-0.4, -0.2) is 9.13 Å². The highest BCUT2D eigenvalue weighted by atomic mass is 15.0. The van der Waals surface area contributed by atoms with E-state index in [9.17, 15) is 13.7 Å². The molecule has 0 spiro atoms. The van der Waals surface area contributed by atoms with E-state index in [0.717, 1.165) is 9.13 Å². The van der Waals surface area contributed by atoms with Crippen LogP contribution in [0.25, 0.3) is 77.2 Å². The van der Waals surface area contributed by atoms with Gasteiger partial charge in [-0.25, -0.2) is 0 Å². The molecule has 0 fully saturated rings. The fraction of sp³-hybridized carbons (Fsp3) is 0.0455. The van der Waals surface area contributed by atoms with Crippen LogP contribution >= 0.6 is 0 Å². The highest BCUT2D eigenvalue weighted by molar-refractivity contribution is 6.28. The van der Waals surface area contributed by atoms with Crippen molar-refractivity contribution in [1.29, 1.82) is 0 Å². The van der Waals surface area contributed by atoms with Gasteiger partial charge in [0.15, 0.2) is 0 Å². The molecule has 0 aliphatic heterocycles. The highest BCUT2D eigenvalue weighted by Gasteiger charge is 2.20. The topological polar surface area (TPSA) is 9.86 Å². The lowest BCUT2D eigenvalue weighted by molar-refractivity contribution is 1.17. The summed E-state index contributed by atoms with van der Waals surface area (Å²) < 4.78 is 234. The summed E-state index contributed by atoms with van der Waals surface area (Å²) in [5.41, 5.74) is -5.92. The van der Waals surface area contributed by atoms with E-state index in [1.54, 1.807) is 0 Å². The van der Waals surface area contributed by atoms with Crippen molar-refractivity contribution in [3.63, 3.8) is 0 Å². The first-order valence-corrected chi connectivity index (χ1v) is 13.8. The van der Waals surface area contributed by atoms with Crippen LogP contribution in [0.5, 0.6) is 0 Å². The molecule has 0 saturated carbocycles. The summed E-state index contributed by atoms with van der Waals surface area (Å²) in [6.07, 6.45) is 0. The molecule has 0 N–H and O–H groups in total. The molecule has 0 unspecified atom stereocenters. The number of benzene rings is 7. The molecule has 9 rings (SSSR count). The molecule has 0 atom stereocenters. The van der Waals surface area contributed by atoms with Gasteiger partial charge in [-0.1, -0.05) is 114 Å². The van der Waals surface area contributed by atoms with E-state index in [4.69, 9.17) is 21.9 Å². The van der Waals surface area contributed by atoms with Crippen LogP contribution in [0.3, 0.4) is 0 Å². The molecule has 9 aromatic rings. The van der Waals surface area contributed by atoms with Crippen LogP contribution in [0.1, 0.15) is 46.8 Å². The lowest BCUT2D eigenvalue weighted by Gasteiger charge is -2.12. The zero-order valence-electron chi connectivity index (χ0n) is 49.9. The van der Waals surface area contributed by atoms with Crippen LogP contribution in [0.4, 0.5) is 0 Å². The summed E-state index contributed by atoms with van der Waals surface area (Å²) in [4.78, 5) is 0. The Kier molecular flexibility index (Phi) is 2.52. The van der Waals surface area contributed by atoms with Crippen molar-refractivity contribution in [2.75, 3.05) is 0 Å². The maximum absolute atomic E-state index is 9.64. The van der Waals surface area contributed by atoms with E-state index in [2.05, 4.69) is 0 Å². The van der Waals surface area contributed by atoms with E-state index in [0.29, 0.717) is 0 Å². The minimum Gasteiger partial charge on any atom is -0.309 e. The van der Waals surface area contributed by atoms with E-state index in [1.165, 1.54) is 13.8 Å². The van der Waals surface area contributed by atoms with Crippen LogP contribution in [-0.2, 0) is 0 Å². The minimum absolute atomic E-state index is 0.0182. The summed E-state index contributed by atoms with van der Waals surface area (Å²) in [6.45, 7) is 2.66. The third-order valence-corrected chi connectivity index (χ3v) is 7.55. The monoisotopic (exact) mass is 614 g/mol. The Morgan fingerprint density at radius 2 is 0.978 bits per heavy atom. The van der Waals surface area contributed by atoms with Crippen molar-refractivity contribution in [2.45, 2.75) is 13.8 Å². The minimum atomic E-state index is -0.999. The second kappa shape index (κ2) is 10.4. The second-order valence-corrected chi connectivity index (χ2v) is 10.3. The average Bonchev–Trinajstić information content (AvgIpc) is 3.88. The predicted octanol–water partition coefficient (Wildman–Crippen LogP) is 11.8. The van der Waals surface area contributed by atoms with Crippen LogP contribution in [0, 0.1) is 13.8 Å². The molecule has 2 aromatic heterocycles. The Morgan fingerprint density at radius 3 is 1.63 bits per heavy atom. The summed E-state index contributed by atoms with van der Waals surface area (Å²) >= 11 is 0. The van der Waals surface area contributed by atoms with Gasteiger partial charge in [0.2, 0.25) is 0 Å². The van der Waals surface area contributed by atoms with Crippen LogP contribution in [0.15, 0.2) is 157 Å². The average molecular weight is 615 g/mol. The predicted molar refractivity (Wildman–Crippen MR) is 195 cm³/mol. The highest BCUT2D eigenvalue weighted by Crippen LogP contribution is 2.42. The Labute approximate surface area is 304 Å². The number of rotatable bonds is 4. The van der Waals surface area contributed by atoms with Crippen molar-refractivity contribution < 1.29 is 35.6 Å². The van der Waals surface area contributed by atoms with Crippen molar-refractivity contribution in [3.05, 3.63) is 168 Å². The molecule has 0 amide bonds. The van der Waals surface area contributed by atoms with E-state index < -0.39 is 223 Å². The first-order valence-electron chi connectivity index (χ1n) is 26.8. The van der Waals surface area contributed by atoms with Gasteiger partial charge < -0.3 is 9.13 Å². The molecular formula is C44H32N2. The molecule has 0 aliphatic rings. The summed E-state index contributed by atoms with van der Waals surface area (Å²) in [6, 6.07) is -21.2. The number of nitrogens with zero attached hydrogens (tertiary/aromatic N) is 2. The molecule has 0 aliphatic carbocycles. The van der Waals surface area contributed by atoms with Crippen molar-refractivity contribution >= 4 is 43.6 Å². The van der Waals surface area contributed by atoms with Gasteiger partial charge in [0.25, 0.3) is 0 Å². The lowest BCUT2D eigenvalue weighted by atomic mass is 9.95. The third kappa shape index (κ3) is 4.04. The zero-order chi connectivity index (χ0) is 53.4. The Balaban J connectivity index is 1.50. The Hall–Kier alpha value is -5.86. The molecule has 7 aromatic carbocycles. The van der Waals surface area contributed by atoms with Crippen molar-refractivity contribution in [1.82, 2.24) is 9.13 Å². The molecular weight excluding hydrogens is 556 g/mol. The third-order valence-electron chi connectivity index (χ3n) is 7.55. The standard InChI is InChI=1S/C44H32N2/c1-29-11-10-12-33(27-29)36-24-21-32(28-30(36)2)31-19-22-35(23-20-31)46-40-18-9-7-16-38(40)44-42(46)26-25-41-43(44)37-15-6-8-17-39(37)45(41)34-13-4-3-5-14-34/h3-28H,1-2H3/i3D,4D,5D,6D,7D,8D,9D,10D,11D,12D,13D,14D,15D,16D,17D,18D,19D,20D,21D,22D,23D,24D,25D,26D,27D,28D. The van der Waals surface area contributed by atoms with Gasteiger partial charge in [0.1, 0.15) is 0 Å². The molecule has 2 nitrogen and oxygen atoms in total. The molecule has 218 valence electrons. The number of fused-ring (bicyclic) bond motifs is 7. The van der Waals surface area contributed by atoms with Gasteiger partial charge in [0, 0.05) is 32.9 Å². The number of hydrogen-bond acceptors (Lipinski definition) is 0. The van der Waals surface area contributed by atoms with Crippen molar-refractivity contribution in [3.8, 4) is 33.6 Å². The molecule has 2 heteroatoms. The zero-order valence-corrected chi connectivity index (χ0v) is 23.9. The number of aromatic nitrogens is 2. The van der Waals surface area contributed by atoms with Gasteiger partial charge in [-0.15, -0.1) is 0 Å². The van der Waals surface area contributed by atoms with Crippen molar-refractivity contribution in [2.24, 2.45) is 0 Å². The first-order chi connectivity index (χ1) is 33.5. The smallest absolute Gasteiger partial charge is 0.0646 e. The van der Waals surface area contributed by atoms with Crippen LogP contribution in [0.2, 0.25) is 0 Å². The van der Waals surface area contributed by atoms with Gasteiger partial charge >= 0.3 is 0 Å². The molecule has 0 radical (unpaired) electrons. The van der Waals surface area contributed by atoms with E-state index >= 15 is 0 Å². The van der Waals surface area contributed by atoms with E-state index in [-0.39, 0.29) is 22.3 Å². The molecule has 0 saturated heterocycles. The first kappa shape index (κ1) is 11.2. The Bertz CT molecular complexity index is 3960. The molecule has 46 heavy (non-hydrogen) atoms. The van der Waals surface area contributed by atoms with Gasteiger partial charge in [-0.05, 0) is 90.0 Å². The van der Waals surface area contributed by atoms with E-state index in [1.807, 2.05) is 0 Å². The van der Waals surface area contributed by atoms with Gasteiger partial charge in [0.05, 0.1) is 57.7 Å². The van der Waals surface area contributed by atoms with Gasteiger partial charge in [-0.2, -0.15) is 0 Å². The molecule has 0 bridgehead atoms. The summed E-state index contributed by atoms with van der Waals surface area (Å²) in [5, 5.41) is -1.89. The van der Waals surface area contributed by atoms with Gasteiger partial charge in [-0.3, -0.25) is 0 Å². The maximum atomic E-state index is 9.64. The second-order valence-electron chi connectivity index (χ2n) is 10.3. The normalized spacial score (nSPS) is 19.6. The quantitative estimate of drug-likeness (QED) is 0.187.